The Labute approximate surface area is 139 Å². The van der Waals surface area contributed by atoms with E-state index in [9.17, 15) is 10.2 Å². The molecule has 1 aromatic rings. The fourth-order valence-corrected chi connectivity index (χ4v) is 6.04. The normalized spacial score (nSPS) is 32.0. The number of hydrogen-bond acceptors (Lipinski definition) is 2. The van der Waals surface area contributed by atoms with Gasteiger partial charge in [-0.15, -0.1) is 0 Å². The van der Waals surface area contributed by atoms with Crippen molar-refractivity contribution in [3.63, 3.8) is 0 Å². The number of allylic oxidation sites excluding steroid dienone is 2. The number of phenolic OH excluding ortho intramolecular Hbond substituents is 2. The van der Waals surface area contributed by atoms with Crippen LogP contribution in [0.2, 0.25) is 0 Å². The van der Waals surface area contributed by atoms with Gasteiger partial charge in [0.05, 0.1) is 0 Å². The van der Waals surface area contributed by atoms with Gasteiger partial charge in [0.25, 0.3) is 0 Å². The molecule has 2 N–H and O–H groups in total. The lowest BCUT2D eigenvalue weighted by Crippen LogP contribution is -2.46. The zero-order valence-electron chi connectivity index (χ0n) is 14.6. The lowest BCUT2D eigenvalue weighted by molar-refractivity contribution is 0.0103. The second-order valence-electron chi connectivity index (χ2n) is 8.85. The minimum atomic E-state index is 0.269. The van der Waals surface area contributed by atoms with Gasteiger partial charge in [0, 0.05) is 11.1 Å². The number of aromatic hydroxyl groups is 2. The third-order valence-corrected chi connectivity index (χ3v) is 7.21. The molecule has 0 bridgehead atoms. The Bertz CT molecular complexity index is 698. The summed E-state index contributed by atoms with van der Waals surface area (Å²) in [6.45, 7) is 7.36. The minimum Gasteiger partial charge on any atom is -0.508 e. The van der Waals surface area contributed by atoms with Crippen molar-refractivity contribution >= 4 is 0 Å². The Kier molecular flexibility index (Phi) is 3.14. The van der Waals surface area contributed by atoms with Crippen molar-refractivity contribution < 1.29 is 10.2 Å². The van der Waals surface area contributed by atoms with Gasteiger partial charge in [-0.3, -0.25) is 0 Å². The van der Waals surface area contributed by atoms with Crippen molar-refractivity contribution in [3.8, 4) is 11.5 Å². The molecule has 124 valence electrons. The van der Waals surface area contributed by atoms with Gasteiger partial charge in [-0.05, 0) is 67.4 Å². The highest BCUT2D eigenvalue weighted by Gasteiger charge is 2.51. The first-order chi connectivity index (χ1) is 10.8. The molecule has 2 atom stereocenters. The number of rotatable bonds is 0. The van der Waals surface area contributed by atoms with Gasteiger partial charge < -0.3 is 10.2 Å². The largest absolute Gasteiger partial charge is 0.508 e. The predicted octanol–water partition coefficient (Wildman–Crippen LogP) is 5.12. The van der Waals surface area contributed by atoms with Crippen LogP contribution in [-0.4, -0.2) is 10.2 Å². The lowest BCUT2D eigenvalue weighted by Gasteiger charge is -2.56. The number of phenols is 2. The van der Waals surface area contributed by atoms with Crippen LogP contribution in [0.3, 0.4) is 0 Å². The summed E-state index contributed by atoms with van der Waals surface area (Å²) < 4.78 is 0. The second kappa shape index (κ2) is 4.78. The van der Waals surface area contributed by atoms with Crippen LogP contribution in [0.4, 0.5) is 0 Å². The fraction of sp³-hybridized carbons (Fsp3) is 0.619. The summed E-state index contributed by atoms with van der Waals surface area (Å²) in [5.74, 6) is 1.44. The highest BCUT2D eigenvalue weighted by molar-refractivity contribution is 5.55. The lowest BCUT2D eigenvalue weighted by atomic mass is 9.49. The standard InChI is InChI=1S/C21H28O2/c1-20(2)9-4-10-21(3)16-12-15-14(17(22)6-7-18(15)23)11-13(16)5-8-19(20)21/h6-7,19,22-23H,4-5,8-12H2,1-3H3/t19-,21+/m1/s1. The number of fused-ring (bicyclic) bond motifs is 3. The first-order valence-electron chi connectivity index (χ1n) is 9.07. The number of benzene rings is 1. The Morgan fingerprint density at radius 1 is 0.957 bits per heavy atom. The molecule has 0 saturated heterocycles. The Morgan fingerprint density at radius 3 is 2.30 bits per heavy atom. The molecule has 2 heteroatoms. The van der Waals surface area contributed by atoms with Crippen LogP contribution in [0.1, 0.15) is 64.0 Å². The van der Waals surface area contributed by atoms with E-state index in [1.165, 1.54) is 31.3 Å². The number of hydrogen-bond donors (Lipinski definition) is 2. The van der Waals surface area contributed by atoms with Crippen molar-refractivity contribution in [3.05, 3.63) is 34.4 Å². The molecule has 0 unspecified atom stereocenters. The summed E-state index contributed by atoms with van der Waals surface area (Å²) in [5, 5.41) is 20.5. The van der Waals surface area contributed by atoms with Crippen LogP contribution in [0, 0.1) is 16.7 Å². The molecule has 1 saturated carbocycles. The Hall–Kier alpha value is -1.44. The molecule has 1 fully saturated rings. The zero-order chi connectivity index (χ0) is 16.4. The summed E-state index contributed by atoms with van der Waals surface area (Å²) in [6, 6.07) is 3.28. The van der Waals surface area contributed by atoms with E-state index < -0.39 is 0 Å². The van der Waals surface area contributed by atoms with E-state index in [-0.39, 0.29) is 5.41 Å². The first kappa shape index (κ1) is 15.1. The molecule has 0 aliphatic heterocycles. The maximum absolute atomic E-state index is 10.3. The van der Waals surface area contributed by atoms with Crippen LogP contribution in [-0.2, 0) is 12.8 Å². The molecule has 0 aromatic heterocycles. The van der Waals surface area contributed by atoms with E-state index in [0.717, 1.165) is 36.3 Å². The molecule has 0 amide bonds. The SMILES string of the molecule is CC1(C)CCC[C@@]2(C)C3=C(CC[C@H]12)Cc1c(O)ccc(O)c1C3. The van der Waals surface area contributed by atoms with Gasteiger partial charge >= 0.3 is 0 Å². The summed E-state index contributed by atoms with van der Waals surface area (Å²) in [6.07, 6.45) is 8.00. The van der Waals surface area contributed by atoms with E-state index in [1.54, 1.807) is 17.7 Å². The minimum absolute atomic E-state index is 0.269. The molecule has 2 nitrogen and oxygen atoms in total. The van der Waals surface area contributed by atoms with Crippen LogP contribution in [0.5, 0.6) is 11.5 Å². The highest BCUT2D eigenvalue weighted by atomic mass is 16.3. The first-order valence-corrected chi connectivity index (χ1v) is 9.07. The highest BCUT2D eigenvalue weighted by Crippen LogP contribution is 2.61. The summed E-state index contributed by atoms with van der Waals surface area (Å²) in [7, 11) is 0. The molecule has 0 heterocycles. The van der Waals surface area contributed by atoms with Crippen molar-refractivity contribution in [2.75, 3.05) is 0 Å². The van der Waals surface area contributed by atoms with E-state index >= 15 is 0 Å². The van der Waals surface area contributed by atoms with Crippen molar-refractivity contribution in [1.29, 1.82) is 0 Å². The van der Waals surface area contributed by atoms with Crippen molar-refractivity contribution in [2.45, 2.75) is 65.7 Å². The average molecular weight is 312 g/mol. The van der Waals surface area contributed by atoms with E-state index in [0.29, 0.717) is 16.9 Å². The summed E-state index contributed by atoms with van der Waals surface area (Å²) in [5.41, 5.74) is 5.72. The van der Waals surface area contributed by atoms with Gasteiger partial charge in [-0.2, -0.15) is 0 Å². The van der Waals surface area contributed by atoms with Crippen LogP contribution in [0.15, 0.2) is 23.3 Å². The smallest absolute Gasteiger partial charge is 0.119 e. The zero-order valence-corrected chi connectivity index (χ0v) is 14.6. The summed E-state index contributed by atoms with van der Waals surface area (Å²) in [4.78, 5) is 0. The fourth-order valence-electron chi connectivity index (χ4n) is 6.04. The molecule has 3 aliphatic carbocycles. The van der Waals surface area contributed by atoms with E-state index in [1.807, 2.05) is 0 Å². The maximum atomic E-state index is 10.3. The second-order valence-corrected chi connectivity index (χ2v) is 8.85. The molecule has 23 heavy (non-hydrogen) atoms. The van der Waals surface area contributed by atoms with Crippen molar-refractivity contribution in [1.82, 2.24) is 0 Å². The van der Waals surface area contributed by atoms with Gasteiger partial charge in [-0.1, -0.05) is 38.3 Å². The Morgan fingerprint density at radius 2 is 1.61 bits per heavy atom. The van der Waals surface area contributed by atoms with Gasteiger partial charge in [0.15, 0.2) is 0 Å². The molecular formula is C21H28O2. The average Bonchev–Trinajstić information content (AvgIpc) is 2.49. The molecule has 0 spiro atoms. The monoisotopic (exact) mass is 312 g/mol. The van der Waals surface area contributed by atoms with Gasteiger partial charge in [0.1, 0.15) is 11.5 Å². The Balaban J connectivity index is 1.81. The third kappa shape index (κ3) is 2.07. The summed E-state index contributed by atoms with van der Waals surface area (Å²) >= 11 is 0. The van der Waals surface area contributed by atoms with E-state index in [4.69, 9.17) is 0 Å². The predicted molar refractivity (Wildman–Crippen MR) is 92.7 cm³/mol. The van der Waals surface area contributed by atoms with Gasteiger partial charge in [-0.25, -0.2) is 0 Å². The van der Waals surface area contributed by atoms with E-state index in [2.05, 4.69) is 20.8 Å². The van der Waals surface area contributed by atoms with Crippen LogP contribution >= 0.6 is 0 Å². The molecule has 4 rings (SSSR count). The van der Waals surface area contributed by atoms with Crippen LogP contribution in [0.25, 0.3) is 0 Å². The molecule has 3 aliphatic rings. The van der Waals surface area contributed by atoms with Crippen molar-refractivity contribution in [2.24, 2.45) is 16.7 Å². The molecular weight excluding hydrogens is 284 g/mol. The third-order valence-electron chi connectivity index (χ3n) is 7.21. The van der Waals surface area contributed by atoms with Gasteiger partial charge in [0.2, 0.25) is 0 Å². The quantitative estimate of drug-likeness (QED) is 0.515. The van der Waals surface area contributed by atoms with Crippen LogP contribution < -0.4 is 0 Å². The molecule has 0 radical (unpaired) electrons. The molecule has 1 aromatic carbocycles. The maximum Gasteiger partial charge on any atom is 0.119 e. The topological polar surface area (TPSA) is 40.5 Å².